The van der Waals surface area contributed by atoms with Gasteiger partial charge in [0, 0.05) is 6.42 Å². The van der Waals surface area contributed by atoms with E-state index in [2.05, 4.69) is 10.2 Å². The molecule has 0 atom stereocenters. The van der Waals surface area contributed by atoms with Gasteiger partial charge >= 0.3 is 0 Å². The second kappa shape index (κ2) is 5.05. The Hall–Kier alpha value is -1.75. The largest absolute Gasteiger partial charge is 0.421 e. The maximum atomic E-state index is 13.6. The van der Waals surface area contributed by atoms with Crippen molar-refractivity contribution in [2.45, 2.75) is 19.8 Å². The third kappa shape index (κ3) is 2.68. The molecule has 90 valence electrons. The molecular formula is C12H14FN3O. The molecule has 0 radical (unpaired) electrons. The van der Waals surface area contributed by atoms with Crippen molar-refractivity contribution in [2.75, 3.05) is 6.54 Å². The fourth-order valence-corrected chi connectivity index (χ4v) is 1.51. The van der Waals surface area contributed by atoms with Gasteiger partial charge in [-0.3, -0.25) is 0 Å². The fourth-order valence-electron chi connectivity index (χ4n) is 1.51. The predicted octanol–water partition coefficient (Wildman–Crippen LogP) is 2.08. The van der Waals surface area contributed by atoms with Crippen molar-refractivity contribution >= 4 is 0 Å². The molecule has 0 saturated carbocycles. The van der Waals surface area contributed by atoms with E-state index in [0.29, 0.717) is 24.4 Å². The minimum atomic E-state index is -0.348. The quantitative estimate of drug-likeness (QED) is 0.881. The number of aromatic nitrogens is 2. The summed E-state index contributed by atoms with van der Waals surface area (Å²) in [6, 6.07) is 4.89. The monoisotopic (exact) mass is 235 g/mol. The number of nitrogens with zero attached hydrogens (tertiary/aromatic N) is 2. The summed E-state index contributed by atoms with van der Waals surface area (Å²) in [6.07, 6.45) is 1.40. The van der Waals surface area contributed by atoms with E-state index in [9.17, 15) is 4.39 Å². The second-order valence-electron chi connectivity index (χ2n) is 3.88. The molecule has 0 aliphatic rings. The normalized spacial score (nSPS) is 10.8. The van der Waals surface area contributed by atoms with Crippen molar-refractivity contribution in [1.29, 1.82) is 0 Å². The van der Waals surface area contributed by atoms with Crippen molar-refractivity contribution in [3.8, 4) is 11.5 Å². The van der Waals surface area contributed by atoms with Crippen LogP contribution in [-0.2, 0) is 6.42 Å². The summed E-state index contributed by atoms with van der Waals surface area (Å²) in [5, 5.41) is 7.69. The maximum absolute atomic E-state index is 13.6. The number of aryl methyl sites for hydroxylation is 2. The highest BCUT2D eigenvalue weighted by Crippen LogP contribution is 2.22. The van der Waals surface area contributed by atoms with Gasteiger partial charge in [0.1, 0.15) is 5.82 Å². The van der Waals surface area contributed by atoms with Gasteiger partial charge < -0.3 is 10.2 Å². The first kappa shape index (κ1) is 11.7. The molecule has 0 spiro atoms. The summed E-state index contributed by atoms with van der Waals surface area (Å²) < 4.78 is 19.0. The Morgan fingerprint density at radius 3 is 2.88 bits per heavy atom. The summed E-state index contributed by atoms with van der Waals surface area (Å²) in [4.78, 5) is 0. The van der Waals surface area contributed by atoms with Gasteiger partial charge in [-0.1, -0.05) is 6.07 Å². The van der Waals surface area contributed by atoms with Crippen LogP contribution in [-0.4, -0.2) is 16.7 Å². The first-order valence-corrected chi connectivity index (χ1v) is 5.49. The van der Waals surface area contributed by atoms with Crippen molar-refractivity contribution in [1.82, 2.24) is 10.2 Å². The van der Waals surface area contributed by atoms with E-state index in [-0.39, 0.29) is 11.7 Å². The van der Waals surface area contributed by atoms with Crippen LogP contribution in [0.15, 0.2) is 22.6 Å². The van der Waals surface area contributed by atoms with E-state index in [4.69, 9.17) is 10.2 Å². The summed E-state index contributed by atoms with van der Waals surface area (Å²) in [5.74, 6) is 0.360. The zero-order valence-electron chi connectivity index (χ0n) is 9.61. The Kier molecular flexibility index (Phi) is 3.49. The smallest absolute Gasteiger partial charge is 0.250 e. The third-order valence-electron chi connectivity index (χ3n) is 2.42. The maximum Gasteiger partial charge on any atom is 0.250 e. The molecule has 5 heteroatoms. The predicted molar refractivity (Wildman–Crippen MR) is 61.8 cm³/mol. The lowest BCUT2D eigenvalue weighted by Crippen LogP contribution is -2.00. The molecule has 0 saturated heterocycles. The summed E-state index contributed by atoms with van der Waals surface area (Å²) in [6.45, 7) is 2.39. The minimum absolute atomic E-state index is 0.217. The molecule has 2 rings (SSSR count). The van der Waals surface area contributed by atoms with Crippen molar-refractivity contribution in [2.24, 2.45) is 5.73 Å². The first-order valence-electron chi connectivity index (χ1n) is 5.49. The lowest BCUT2D eigenvalue weighted by molar-refractivity contribution is 0.495. The van der Waals surface area contributed by atoms with Gasteiger partial charge in [0.25, 0.3) is 5.89 Å². The third-order valence-corrected chi connectivity index (χ3v) is 2.42. The molecule has 1 heterocycles. The minimum Gasteiger partial charge on any atom is -0.421 e. The molecule has 4 nitrogen and oxygen atoms in total. The Morgan fingerprint density at radius 1 is 1.35 bits per heavy atom. The summed E-state index contributed by atoms with van der Waals surface area (Å²) in [7, 11) is 0. The van der Waals surface area contributed by atoms with E-state index in [1.807, 2.05) is 13.0 Å². The average Bonchev–Trinajstić information content (AvgIpc) is 2.75. The van der Waals surface area contributed by atoms with Crippen LogP contribution in [0.4, 0.5) is 4.39 Å². The van der Waals surface area contributed by atoms with E-state index in [1.165, 1.54) is 6.07 Å². The Bertz CT molecular complexity index is 510. The Morgan fingerprint density at radius 2 is 2.18 bits per heavy atom. The van der Waals surface area contributed by atoms with Gasteiger partial charge in [0.15, 0.2) is 0 Å². The van der Waals surface area contributed by atoms with E-state index >= 15 is 0 Å². The van der Waals surface area contributed by atoms with Gasteiger partial charge in [-0.2, -0.15) is 0 Å². The van der Waals surface area contributed by atoms with Crippen LogP contribution in [0.5, 0.6) is 0 Å². The lowest BCUT2D eigenvalue weighted by Gasteiger charge is -1.98. The molecule has 0 fully saturated rings. The van der Waals surface area contributed by atoms with Crippen molar-refractivity contribution in [3.63, 3.8) is 0 Å². The van der Waals surface area contributed by atoms with Gasteiger partial charge in [-0.15, -0.1) is 10.2 Å². The van der Waals surface area contributed by atoms with Crippen LogP contribution in [0.25, 0.3) is 11.5 Å². The topological polar surface area (TPSA) is 64.9 Å². The molecule has 0 bridgehead atoms. The number of nitrogens with two attached hydrogens (primary N) is 1. The van der Waals surface area contributed by atoms with E-state index in [0.717, 1.165) is 12.0 Å². The van der Waals surface area contributed by atoms with E-state index < -0.39 is 0 Å². The molecule has 1 aromatic heterocycles. The SMILES string of the molecule is Cc1ccc(-c2nnc(CCCN)o2)c(F)c1. The van der Waals surface area contributed by atoms with Crippen LogP contribution in [0, 0.1) is 12.7 Å². The molecular weight excluding hydrogens is 221 g/mol. The summed E-state index contributed by atoms with van der Waals surface area (Å²) >= 11 is 0. The van der Waals surface area contributed by atoms with Gasteiger partial charge in [0.05, 0.1) is 5.56 Å². The highest BCUT2D eigenvalue weighted by atomic mass is 19.1. The van der Waals surface area contributed by atoms with Gasteiger partial charge in [0.2, 0.25) is 5.89 Å². The highest BCUT2D eigenvalue weighted by molar-refractivity contribution is 5.54. The molecule has 0 aliphatic heterocycles. The highest BCUT2D eigenvalue weighted by Gasteiger charge is 2.12. The second-order valence-corrected chi connectivity index (χ2v) is 3.88. The zero-order chi connectivity index (χ0) is 12.3. The number of hydrogen-bond acceptors (Lipinski definition) is 4. The molecule has 0 amide bonds. The summed E-state index contributed by atoms with van der Waals surface area (Å²) in [5.41, 5.74) is 6.58. The number of halogens is 1. The first-order chi connectivity index (χ1) is 8.20. The van der Waals surface area contributed by atoms with Crippen LogP contribution >= 0.6 is 0 Å². The zero-order valence-corrected chi connectivity index (χ0v) is 9.61. The molecule has 0 unspecified atom stereocenters. The Balaban J connectivity index is 2.24. The molecule has 2 N–H and O–H groups in total. The van der Waals surface area contributed by atoms with E-state index in [1.54, 1.807) is 6.07 Å². The number of benzene rings is 1. The van der Waals surface area contributed by atoms with Crippen LogP contribution in [0.2, 0.25) is 0 Å². The number of hydrogen-bond donors (Lipinski definition) is 1. The van der Waals surface area contributed by atoms with Crippen molar-refractivity contribution < 1.29 is 8.81 Å². The van der Waals surface area contributed by atoms with Gasteiger partial charge in [-0.25, -0.2) is 4.39 Å². The lowest BCUT2D eigenvalue weighted by atomic mass is 10.1. The van der Waals surface area contributed by atoms with Crippen LogP contribution < -0.4 is 5.73 Å². The molecule has 17 heavy (non-hydrogen) atoms. The molecule has 2 aromatic rings. The van der Waals surface area contributed by atoms with Gasteiger partial charge in [-0.05, 0) is 37.6 Å². The van der Waals surface area contributed by atoms with Crippen LogP contribution in [0.3, 0.4) is 0 Å². The number of rotatable bonds is 4. The molecule has 1 aromatic carbocycles. The Labute approximate surface area is 98.7 Å². The molecule has 0 aliphatic carbocycles. The van der Waals surface area contributed by atoms with Crippen LogP contribution in [0.1, 0.15) is 17.9 Å². The van der Waals surface area contributed by atoms with Crippen molar-refractivity contribution in [3.05, 3.63) is 35.5 Å². The standard InChI is InChI=1S/C12H14FN3O/c1-8-4-5-9(10(13)7-8)12-16-15-11(17-12)3-2-6-14/h4-5,7H,2-3,6,14H2,1H3. The average molecular weight is 235 g/mol. The fraction of sp³-hybridized carbons (Fsp3) is 0.333.